The summed E-state index contributed by atoms with van der Waals surface area (Å²) in [7, 11) is 0. The van der Waals surface area contributed by atoms with Crippen molar-refractivity contribution < 1.29 is 4.79 Å². The average molecular weight is 458 g/mol. The highest BCUT2D eigenvalue weighted by Gasteiger charge is 2.15. The van der Waals surface area contributed by atoms with Crippen molar-refractivity contribution in [2.24, 2.45) is 0 Å². The SMILES string of the molecule is O=C(NCCc1ccc(Cl)c(Cl)c1)c1cn(Cc2ccc(Cl)cc2)c2ccccc12. The Morgan fingerprint density at radius 3 is 2.37 bits per heavy atom. The third kappa shape index (κ3) is 4.65. The molecule has 1 heterocycles. The molecule has 0 fully saturated rings. The zero-order chi connectivity index (χ0) is 21.1. The van der Waals surface area contributed by atoms with Gasteiger partial charge >= 0.3 is 0 Å². The fourth-order valence-electron chi connectivity index (χ4n) is 3.46. The molecule has 4 aromatic rings. The van der Waals surface area contributed by atoms with Crippen LogP contribution in [0.25, 0.3) is 10.9 Å². The van der Waals surface area contributed by atoms with Gasteiger partial charge in [0.15, 0.2) is 0 Å². The van der Waals surface area contributed by atoms with Gasteiger partial charge in [-0.2, -0.15) is 0 Å². The van der Waals surface area contributed by atoms with E-state index in [0.29, 0.717) is 40.1 Å². The quantitative estimate of drug-likeness (QED) is 0.347. The maximum absolute atomic E-state index is 12.9. The van der Waals surface area contributed by atoms with Crippen LogP contribution in [-0.2, 0) is 13.0 Å². The minimum Gasteiger partial charge on any atom is -0.352 e. The van der Waals surface area contributed by atoms with E-state index in [4.69, 9.17) is 34.8 Å². The number of aromatic nitrogens is 1. The summed E-state index contributed by atoms with van der Waals surface area (Å²) in [6.07, 6.45) is 2.58. The molecular formula is C24H19Cl3N2O. The lowest BCUT2D eigenvalue weighted by atomic mass is 10.1. The Balaban J connectivity index is 1.50. The van der Waals surface area contributed by atoms with E-state index in [1.54, 1.807) is 6.07 Å². The predicted octanol–water partition coefficient (Wildman–Crippen LogP) is 6.62. The number of para-hydroxylation sites is 1. The molecule has 0 aliphatic carbocycles. The fourth-order valence-corrected chi connectivity index (χ4v) is 3.90. The highest BCUT2D eigenvalue weighted by Crippen LogP contribution is 2.24. The minimum atomic E-state index is -0.0962. The van der Waals surface area contributed by atoms with Crippen molar-refractivity contribution in [1.29, 1.82) is 0 Å². The van der Waals surface area contributed by atoms with Crippen LogP contribution < -0.4 is 5.32 Å². The first-order chi connectivity index (χ1) is 14.5. The third-order valence-electron chi connectivity index (χ3n) is 4.98. The first-order valence-electron chi connectivity index (χ1n) is 9.56. The van der Waals surface area contributed by atoms with E-state index < -0.39 is 0 Å². The van der Waals surface area contributed by atoms with E-state index in [-0.39, 0.29) is 5.91 Å². The van der Waals surface area contributed by atoms with E-state index in [0.717, 1.165) is 22.0 Å². The largest absolute Gasteiger partial charge is 0.352 e. The van der Waals surface area contributed by atoms with E-state index in [9.17, 15) is 4.79 Å². The number of nitrogens with one attached hydrogen (secondary N) is 1. The van der Waals surface area contributed by atoms with Crippen LogP contribution in [0.2, 0.25) is 15.1 Å². The Labute approximate surface area is 190 Å². The van der Waals surface area contributed by atoms with Gasteiger partial charge in [-0.1, -0.05) is 71.2 Å². The second-order valence-electron chi connectivity index (χ2n) is 7.07. The number of fused-ring (bicyclic) bond motifs is 1. The number of benzene rings is 3. The van der Waals surface area contributed by atoms with Gasteiger partial charge in [-0.05, 0) is 47.9 Å². The zero-order valence-electron chi connectivity index (χ0n) is 16.0. The zero-order valence-corrected chi connectivity index (χ0v) is 18.3. The summed E-state index contributed by atoms with van der Waals surface area (Å²) in [6.45, 7) is 1.17. The Morgan fingerprint density at radius 2 is 1.60 bits per heavy atom. The molecule has 0 aliphatic heterocycles. The Morgan fingerprint density at radius 1 is 0.867 bits per heavy atom. The third-order valence-corrected chi connectivity index (χ3v) is 5.97. The Hall–Kier alpha value is -2.46. The van der Waals surface area contributed by atoms with Crippen LogP contribution in [-0.4, -0.2) is 17.0 Å². The number of nitrogens with zero attached hydrogens (tertiary/aromatic N) is 1. The molecule has 152 valence electrons. The van der Waals surface area contributed by atoms with Gasteiger partial charge < -0.3 is 9.88 Å². The van der Waals surface area contributed by atoms with Crippen molar-refractivity contribution in [2.75, 3.05) is 6.54 Å². The number of rotatable bonds is 6. The Bertz CT molecular complexity index is 1200. The van der Waals surface area contributed by atoms with Gasteiger partial charge in [0.2, 0.25) is 0 Å². The number of halogens is 3. The molecule has 1 N–H and O–H groups in total. The van der Waals surface area contributed by atoms with Gasteiger partial charge in [0.25, 0.3) is 5.91 Å². The molecule has 0 unspecified atom stereocenters. The molecule has 3 aromatic carbocycles. The van der Waals surface area contributed by atoms with Crippen molar-refractivity contribution in [3.8, 4) is 0 Å². The average Bonchev–Trinajstić information content (AvgIpc) is 3.11. The van der Waals surface area contributed by atoms with Crippen LogP contribution in [0.1, 0.15) is 21.5 Å². The van der Waals surface area contributed by atoms with Crippen LogP contribution in [0.15, 0.2) is 72.9 Å². The highest BCUT2D eigenvalue weighted by atomic mass is 35.5. The van der Waals surface area contributed by atoms with Gasteiger partial charge in [-0.3, -0.25) is 4.79 Å². The van der Waals surface area contributed by atoms with Crippen LogP contribution >= 0.6 is 34.8 Å². The summed E-state index contributed by atoms with van der Waals surface area (Å²) in [5.41, 5.74) is 3.82. The second-order valence-corrected chi connectivity index (χ2v) is 8.32. The van der Waals surface area contributed by atoms with Gasteiger partial charge in [0, 0.05) is 35.2 Å². The van der Waals surface area contributed by atoms with Crippen molar-refractivity contribution in [3.05, 3.63) is 105 Å². The summed E-state index contributed by atoms with van der Waals surface area (Å²) < 4.78 is 2.09. The van der Waals surface area contributed by atoms with Crippen LogP contribution in [0.4, 0.5) is 0 Å². The molecule has 30 heavy (non-hydrogen) atoms. The van der Waals surface area contributed by atoms with E-state index >= 15 is 0 Å². The molecule has 4 rings (SSSR count). The summed E-state index contributed by atoms with van der Waals surface area (Å²) in [5.74, 6) is -0.0962. The maximum atomic E-state index is 12.9. The van der Waals surface area contributed by atoms with Crippen LogP contribution in [0, 0.1) is 0 Å². The van der Waals surface area contributed by atoms with Crippen LogP contribution in [0.3, 0.4) is 0 Å². The van der Waals surface area contributed by atoms with Gasteiger partial charge in [0.1, 0.15) is 0 Å². The van der Waals surface area contributed by atoms with Gasteiger partial charge in [0.05, 0.1) is 15.6 Å². The predicted molar refractivity (Wildman–Crippen MR) is 125 cm³/mol. The lowest BCUT2D eigenvalue weighted by Gasteiger charge is -2.06. The molecule has 1 amide bonds. The molecule has 0 atom stereocenters. The first kappa shape index (κ1) is 20.8. The van der Waals surface area contributed by atoms with Crippen molar-refractivity contribution in [3.63, 3.8) is 0 Å². The van der Waals surface area contributed by atoms with Crippen molar-refractivity contribution in [1.82, 2.24) is 9.88 Å². The second kappa shape index (κ2) is 9.13. The number of hydrogen-bond donors (Lipinski definition) is 1. The molecule has 0 saturated carbocycles. The number of hydrogen-bond acceptors (Lipinski definition) is 1. The van der Waals surface area contributed by atoms with Gasteiger partial charge in [-0.15, -0.1) is 0 Å². The molecule has 3 nitrogen and oxygen atoms in total. The molecule has 0 bridgehead atoms. The lowest BCUT2D eigenvalue weighted by molar-refractivity contribution is 0.0955. The maximum Gasteiger partial charge on any atom is 0.253 e. The number of carbonyl (C=O) groups excluding carboxylic acids is 1. The molecular weight excluding hydrogens is 439 g/mol. The molecule has 0 saturated heterocycles. The Kier molecular flexibility index (Phi) is 6.33. The number of amides is 1. The highest BCUT2D eigenvalue weighted by molar-refractivity contribution is 6.42. The molecule has 1 aromatic heterocycles. The van der Waals surface area contributed by atoms with E-state index in [1.165, 1.54) is 0 Å². The molecule has 0 aliphatic rings. The topological polar surface area (TPSA) is 34.0 Å². The van der Waals surface area contributed by atoms with E-state index in [1.807, 2.05) is 66.9 Å². The normalized spacial score (nSPS) is 11.0. The number of carbonyl (C=O) groups is 1. The smallest absolute Gasteiger partial charge is 0.253 e. The van der Waals surface area contributed by atoms with Crippen LogP contribution in [0.5, 0.6) is 0 Å². The molecule has 0 radical (unpaired) electrons. The minimum absolute atomic E-state index is 0.0962. The van der Waals surface area contributed by atoms with Gasteiger partial charge in [-0.25, -0.2) is 0 Å². The first-order valence-corrected chi connectivity index (χ1v) is 10.7. The summed E-state index contributed by atoms with van der Waals surface area (Å²) >= 11 is 18.0. The lowest BCUT2D eigenvalue weighted by Crippen LogP contribution is -2.25. The summed E-state index contributed by atoms with van der Waals surface area (Å²) in [6, 6.07) is 21.2. The van der Waals surface area contributed by atoms with E-state index in [2.05, 4.69) is 9.88 Å². The monoisotopic (exact) mass is 456 g/mol. The molecule has 6 heteroatoms. The summed E-state index contributed by atoms with van der Waals surface area (Å²) in [4.78, 5) is 12.9. The standard InChI is InChI=1S/C24H19Cl3N2O/c25-18-8-5-17(6-9-18)14-29-15-20(19-3-1-2-4-23(19)29)24(30)28-12-11-16-7-10-21(26)22(27)13-16/h1-10,13,15H,11-12,14H2,(H,28,30). The fraction of sp³-hybridized carbons (Fsp3) is 0.125. The molecule has 0 spiro atoms. The van der Waals surface area contributed by atoms with Crippen molar-refractivity contribution in [2.45, 2.75) is 13.0 Å². The van der Waals surface area contributed by atoms with Crippen molar-refractivity contribution >= 4 is 51.6 Å². The summed E-state index contributed by atoms with van der Waals surface area (Å²) in [5, 5.41) is 5.69.